The molecule has 9 atom stereocenters. The van der Waals surface area contributed by atoms with E-state index in [0.29, 0.717) is 35.5 Å². The van der Waals surface area contributed by atoms with Gasteiger partial charge in [0.15, 0.2) is 6.29 Å². The van der Waals surface area contributed by atoms with Crippen molar-refractivity contribution in [3.05, 3.63) is 11.3 Å². The maximum atomic E-state index is 11.5. The molecule has 0 aromatic carbocycles. The molecule has 0 spiro atoms. The molecule has 1 saturated heterocycles. The Hall–Kier alpha value is -1.05. The monoisotopic (exact) mass is 483 g/mol. The molecule has 0 aromatic rings. The van der Waals surface area contributed by atoms with E-state index < -0.39 is 11.7 Å². The van der Waals surface area contributed by atoms with Gasteiger partial charge in [-0.2, -0.15) is 5.26 Å². The Morgan fingerprint density at radius 2 is 1.54 bits per heavy atom. The van der Waals surface area contributed by atoms with Gasteiger partial charge in [-0.15, -0.1) is 0 Å². The van der Waals surface area contributed by atoms with Gasteiger partial charge in [0.2, 0.25) is 0 Å². The molecule has 5 rings (SSSR count). The highest BCUT2D eigenvalue weighted by Crippen LogP contribution is 2.74. The standard InChI is InChI=1S/C31H49NO3/c1-26(2)11-12-28(5)13-14-31(8)25(20(28)17-26)35-23(33)15-22-29(6)16-19(18-32)24(34)27(3,4)21(29)9-10-30(22,31)7/h20-23,25,33-34H,9-17H2,1-8H3/t20?,21-,22+,23?,25?,28+,29-,30+,31+/m0/s1. The Morgan fingerprint density at radius 3 is 2.20 bits per heavy atom. The molecule has 4 aliphatic carbocycles. The fraction of sp³-hybridized carbons (Fsp3) is 0.903. The zero-order valence-corrected chi connectivity index (χ0v) is 23.5. The van der Waals surface area contributed by atoms with E-state index in [1.165, 1.54) is 25.7 Å². The van der Waals surface area contributed by atoms with E-state index >= 15 is 0 Å². The molecule has 4 nitrogen and oxygen atoms in total. The molecule has 196 valence electrons. The van der Waals surface area contributed by atoms with Gasteiger partial charge in [-0.05, 0) is 96.2 Å². The molecule has 5 aliphatic rings. The summed E-state index contributed by atoms with van der Waals surface area (Å²) in [5.74, 6) is 1.26. The minimum Gasteiger partial charge on any atom is -0.511 e. The minimum absolute atomic E-state index is 0.00687. The van der Waals surface area contributed by atoms with E-state index in [1.807, 2.05) is 0 Å². The molecule has 4 fully saturated rings. The van der Waals surface area contributed by atoms with Crippen LogP contribution in [0.3, 0.4) is 0 Å². The second-order valence-corrected chi connectivity index (χ2v) is 15.7. The molecule has 0 radical (unpaired) electrons. The van der Waals surface area contributed by atoms with Crippen LogP contribution in [0.25, 0.3) is 0 Å². The summed E-state index contributed by atoms with van der Waals surface area (Å²) in [5, 5.41) is 32.5. The molecule has 1 aliphatic heterocycles. The lowest BCUT2D eigenvalue weighted by atomic mass is 9.36. The normalized spacial score (nSPS) is 52.7. The first kappa shape index (κ1) is 25.6. The summed E-state index contributed by atoms with van der Waals surface area (Å²) >= 11 is 0. The van der Waals surface area contributed by atoms with E-state index in [2.05, 4.69) is 61.5 Å². The third kappa shape index (κ3) is 3.29. The van der Waals surface area contributed by atoms with E-state index in [0.717, 1.165) is 19.3 Å². The van der Waals surface area contributed by atoms with Crippen molar-refractivity contribution in [1.29, 1.82) is 5.26 Å². The van der Waals surface area contributed by atoms with Crippen molar-refractivity contribution < 1.29 is 14.9 Å². The van der Waals surface area contributed by atoms with Crippen LogP contribution in [0.4, 0.5) is 0 Å². The van der Waals surface area contributed by atoms with Gasteiger partial charge in [-0.25, -0.2) is 0 Å². The lowest BCUT2D eigenvalue weighted by molar-refractivity contribution is -0.243. The van der Waals surface area contributed by atoms with Gasteiger partial charge in [0.05, 0.1) is 17.7 Å². The Bertz CT molecular complexity index is 976. The fourth-order valence-electron chi connectivity index (χ4n) is 10.6. The second-order valence-electron chi connectivity index (χ2n) is 15.7. The average molecular weight is 484 g/mol. The van der Waals surface area contributed by atoms with Gasteiger partial charge < -0.3 is 14.9 Å². The summed E-state index contributed by atoms with van der Waals surface area (Å²) in [5.41, 5.74) is 0.521. The number of hydrogen-bond donors (Lipinski definition) is 2. The van der Waals surface area contributed by atoms with Crippen molar-refractivity contribution >= 4 is 0 Å². The van der Waals surface area contributed by atoms with Crippen LogP contribution in [0.5, 0.6) is 0 Å². The highest BCUT2D eigenvalue weighted by Gasteiger charge is 2.70. The van der Waals surface area contributed by atoms with Crippen LogP contribution in [-0.2, 0) is 4.74 Å². The molecule has 3 unspecified atom stereocenters. The van der Waals surface area contributed by atoms with E-state index in [1.54, 1.807) is 0 Å². The van der Waals surface area contributed by atoms with Gasteiger partial charge in [-0.3, -0.25) is 0 Å². The van der Waals surface area contributed by atoms with Crippen LogP contribution in [-0.4, -0.2) is 22.6 Å². The zero-order valence-electron chi connectivity index (χ0n) is 23.5. The summed E-state index contributed by atoms with van der Waals surface area (Å²) in [4.78, 5) is 0. The molecule has 1 heterocycles. The Kier molecular flexibility index (Phi) is 5.49. The van der Waals surface area contributed by atoms with Crippen LogP contribution >= 0.6 is 0 Å². The average Bonchev–Trinajstić information content (AvgIpc) is 2.85. The van der Waals surface area contributed by atoms with Crippen molar-refractivity contribution in [2.24, 2.45) is 50.2 Å². The highest BCUT2D eigenvalue weighted by atomic mass is 16.6. The lowest BCUT2D eigenvalue weighted by Gasteiger charge is -2.68. The van der Waals surface area contributed by atoms with Crippen LogP contribution < -0.4 is 0 Å². The summed E-state index contributed by atoms with van der Waals surface area (Å²) in [6, 6.07) is 2.36. The summed E-state index contributed by atoms with van der Waals surface area (Å²) in [6.07, 6.45) is 8.71. The molecule has 0 amide bonds. The number of aliphatic hydroxyl groups excluding tert-OH is 2. The molecule has 4 heteroatoms. The fourth-order valence-corrected chi connectivity index (χ4v) is 10.6. The van der Waals surface area contributed by atoms with Crippen molar-refractivity contribution in [3.63, 3.8) is 0 Å². The van der Waals surface area contributed by atoms with Crippen molar-refractivity contribution in [1.82, 2.24) is 0 Å². The van der Waals surface area contributed by atoms with E-state index in [-0.39, 0.29) is 39.6 Å². The summed E-state index contributed by atoms with van der Waals surface area (Å²) in [7, 11) is 0. The first-order valence-electron chi connectivity index (χ1n) is 14.2. The molecule has 0 aromatic heterocycles. The van der Waals surface area contributed by atoms with Crippen LogP contribution in [0.1, 0.15) is 113 Å². The number of allylic oxidation sites excluding steroid dienone is 2. The maximum absolute atomic E-state index is 11.5. The smallest absolute Gasteiger partial charge is 0.155 e. The molecular weight excluding hydrogens is 434 g/mol. The van der Waals surface area contributed by atoms with Gasteiger partial charge in [-0.1, -0.05) is 55.4 Å². The predicted molar refractivity (Wildman–Crippen MR) is 138 cm³/mol. The summed E-state index contributed by atoms with van der Waals surface area (Å²) < 4.78 is 6.78. The first-order valence-corrected chi connectivity index (χ1v) is 14.2. The number of nitrogens with zero attached hydrogens (tertiary/aromatic N) is 1. The highest BCUT2D eigenvalue weighted by molar-refractivity contribution is 5.35. The number of rotatable bonds is 0. The van der Waals surface area contributed by atoms with Crippen molar-refractivity contribution in [2.75, 3.05) is 0 Å². The van der Waals surface area contributed by atoms with Gasteiger partial charge in [0.1, 0.15) is 5.76 Å². The largest absolute Gasteiger partial charge is 0.511 e. The number of nitriles is 1. The van der Waals surface area contributed by atoms with E-state index in [9.17, 15) is 15.5 Å². The Balaban J connectivity index is 1.62. The SMILES string of the molecule is CC1(C)CC[C@]2(C)CC[C@]3(C)C(OC(O)C[C@@H]4[C@@]5(C)CC(C#N)=C(O)C(C)(C)[C@@H]5CC[C@]43C)C2C1. The van der Waals surface area contributed by atoms with Gasteiger partial charge >= 0.3 is 0 Å². The molecule has 3 saturated carbocycles. The quantitative estimate of drug-likeness (QED) is 0.373. The maximum Gasteiger partial charge on any atom is 0.155 e. The number of ether oxygens (including phenoxy) is 1. The molecule has 0 bridgehead atoms. The minimum atomic E-state index is -0.776. The number of fused-ring (bicyclic) bond motifs is 7. The number of aliphatic hydroxyl groups is 2. The van der Waals surface area contributed by atoms with E-state index in [4.69, 9.17) is 4.74 Å². The third-order valence-corrected chi connectivity index (χ3v) is 13.1. The van der Waals surface area contributed by atoms with Crippen molar-refractivity contribution in [2.45, 2.75) is 126 Å². The predicted octanol–water partition coefficient (Wildman–Crippen LogP) is 7.53. The van der Waals surface area contributed by atoms with Crippen LogP contribution in [0.15, 0.2) is 11.3 Å². The molecular formula is C31H49NO3. The lowest BCUT2D eigenvalue weighted by Crippen LogP contribution is -2.64. The second kappa shape index (κ2) is 7.50. The van der Waals surface area contributed by atoms with Crippen LogP contribution in [0.2, 0.25) is 0 Å². The Labute approximate surface area is 213 Å². The van der Waals surface area contributed by atoms with Crippen LogP contribution in [0, 0.1) is 61.6 Å². The summed E-state index contributed by atoms with van der Waals surface area (Å²) in [6.45, 7) is 18.9. The van der Waals surface area contributed by atoms with Gasteiger partial charge in [0, 0.05) is 11.8 Å². The van der Waals surface area contributed by atoms with Gasteiger partial charge in [0.25, 0.3) is 0 Å². The molecule has 2 N–H and O–H groups in total. The topological polar surface area (TPSA) is 73.5 Å². The third-order valence-electron chi connectivity index (χ3n) is 13.1. The Morgan fingerprint density at radius 1 is 0.886 bits per heavy atom. The first-order chi connectivity index (χ1) is 16.0. The van der Waals surface area contributed by atoms with Crippen molar-refractivity contribution in [3.8, 4) is 6.07 Å². The molecule has 35 heavy (non-hydrogen) atoms. The zero-order chi connectivity index (χ0) is 25.8. The number of hydrogen-bond acceptors (Lipinski definition) is 4.